The van der Waals surface area contributed by atoms with Crippen molar-refractivity contribution < 1.29 is 9.78 Å². The summed E-state index contributed by atoms with van der Waals surface area (Å²) in [6.07, 6.45) is 3.18. The standard InChI is InChI=1S/C4H7NO2/c5-4-1-2-6-7-3-4/h1-2,4H,3,5H2. The predicted octanol–water partition coefficient (Wildman–Crippen LogP) is -0.211. The fraction of sp³-hybridized carbons (Fsp3) is 0.500. The Labute approximate surface area is 41.6 Å². The molecule has 2 N–H and O–H groups in total. The van der Waals surface area contributed by atoms with E-state index in [1.165, 1.54) is 6.26 Å². The molecule has 7 heavy (non-hydrogen) atoms. The summed E-state index contributed by atoms with van der Waals surface area (Å²) in [5, 5.41) is 0. The molecule has 1 heterocycles. The zero-order valence-electron chi connectivity index (χ0n) is 3.83. The van der Waals surface area contributed by atoms with Gasteiger partial charge in [0.25, 0.3) is 0 Å². The summed E-state index contributed by atoms with van der Waals surface area (Å²) in [7, 11) is 0. The molecule has 0 bridgehead atoms. The lowest BCUT2D eigenvalue weighted by atomic mass is 10.3. The van der Waals surface area contributed by atoms with Crippen molar-refractivity contribution in [1.82, 2.24) is 0 Å². The van der Waals surface area contributed by atoms with Crippen LogP contribution in [-0.4, -0.2) is 12.6 Å². The number of rotatable bonds is 0. The molecule has 40 valence electrons. The maximum Gasteiger partial charge on any atom is 0.127 e. The second-order valence-electron chi connectivity index (χ2n) is 1.37. The maximum absolute atomic E-state index is 5.34. The minimum atomic E-state index is 0.00810. The first-order chi connectivity index (χ1) is 3.39. The van der Waals surface area contributed by atoms with Crippen molar-refractivity contribution in [3.8, 4) is 0 Å². The Balaban J connectivity index is 2.36. The second-order valence-corrected chi connectivity index (χ2v) is 1.37. The van der Waals surface area contributed by atoms with Crippen molar-refractivity contribution in [1.29, 1.82) is 0 Å². The zero-order chi connectivity index (χ0) is 5.11. The Morgan fingerprint density at radius 3 is 2.86 bits per heavy atom. The number of hydrogen-bond acceptors (Lipinski definition) is 3. The van der Waals surface area contributed by atoms with E-state index in [-0.39, 0.29) is 6.04 Å². The van der Waals surface area contributed by atoms with Gasteiger partial charge in [0, 0.05) is 0 Å². The van der Waals surface area contributed by atoms with Crippen LogP contribution in [0.2, 0.25) is 0 Å². The highest BCUT2D eigenvalue weighted by molar-refractivity contribution is 4.87. The van der Waals surface area contributed by atoms with Crippen molar-refractivity contribution in [3.05, 3.63) is 12.3 Å². The maximum atomic E-state index is 5.34. The molecule has 0 aliphatic carbocycles. The average molecular weight is 101 g/mol. The molecule has 1 rings (SSSR count). The van der Waals surface area contributed by atoms with Crippen LogP contribution in [0.1, 0.15) is 0 Å². The smallest absolute Gasteiger partial charge is 0.127 e. The van der Waals surface area contributed by atoms with Gasteiger partial charge in [-0.2, -0.15) is 4.89 Å². The minimum Gasteiger partial charge on any atom is -0.346 e. The summed E-state index contributed by atoms with van der Waals surface area (Å²) in [6.45, 7) is 0.455. The molecular formula is C4H7NO2. The van der Waals surface area contributed by atoms with Gasteiger partial charge in [0.05, 0.1) is 6.04 Å². The van der Waals surface area contributed by atoms with E-state index in [0.29, 0.717) is 6.61 Å². The molecule has 1 atom stereocenters. The molecule has 3 nitrogen and oxygen atoms in total. The molecule has 0 amide bonds. The van der Waals surface area contributed by atoms with Crippen LogP contribution in [0.5, 0.6) is 0 Å². The summed E-state index contributed by atoms with van der Waals surface area (Å²) < 4.78 is 0. The van der Waals surface area contributed by atoms with Crippen LogP contribution >= 0.6 is 0 Å². The Hall–Kier alpha value is -0.540. The summed E-state index contributed by atoms with van der Waals surface area (Å²) in [5.41, 5.74) is 5.34. The molecule has 1 aliphatic rings. The lowest BCUT2D eigenvalue weighted by Gasteiger charge is -2.09. The van der Waals surface area contributed by atoms with Gasteiger partial charge in [0.15, 0.2) is 0 Å². The topological polar surface area (TPSA) is 44.5 Å². The highest BCUT2D eigenvalue weighted by Gasteiger charge is 2.00. The summed E-state index contributed by atoms with van der Waals surface area (Å²) in [4.78, 5) is 8.85. The quantitative estimate of drug-likeness (QED) is 0.429. The van der Waals surface area contributed by atoms with Gasteiger partial charge in [-0.3, -0.25) is 0 Å². The molecule has 0 saturated heterocycles. The summed E-state index contributed by atoms with van der Waals surface area (Å²) >= 11 is 0. The number of hydrogen-bond donors (Lipinski definition) is 1. The SMILES string of the molecule is NC1C=COOC1. The van der Waals surface area contributed by atoms with Crippen molar-refractivity contribution >= 4 is 0 Å². The Morgan fingerprint density at radius 1 is 1.71 bits per heavy atom. The van der Waals surface area contributed by atoms with E-state index < -0.39 is 0 Å². The average Bonchev–Trinajstić information content (AvgIpc) is 1.69. The molecule has 0 aromatic carbocycles. The fourth-order valence-corrected chi connectivity index (χ4v) is 0.346. The van der Waals surface area contributed by atoms with Gasteiger partial charge in [-0.15, -0.1) is 0 Å². The molecule has 0 aromatic rings. The molecule has 3 heteroatoms. The summed E-state index contributed by atoms with van der Waals surface area (Å²) in [6, 6.07) is 0.00810. The molecule has 0 saturated carbocycles. The third-order valence-corrected chi connectivity index (χ3v) is 0.710. The third-order valence-electron chi connectivity index (χ3n) is 0.710. The van der Waals surface area contributed by atoms with Gasteiger partial charge >= 0.3 is 0 Å². The Morgan fingerprint density at radius 2 is 2.57 bits per heavy atom. The molecule has 1 unspecified atom stereocenters. The highest BCUT2D eigenvalue weighted by atomic mass is 17.2. The van der Waals surface area contributed by atoms with Gasteiger partial charge < -0.3 is 10.6 Å². The van der Waals surface area contributed by atoms with Crippen LogP contribution < -0.4 is 5.73 Å². The van der Waals surface area contributed by atoms with E-state index >= 15 is 0 Å². The van der Waals surface area contributed by atoms with E-state index in [2.05, 4.69) is 9.78 Å². The van der Waals surface area contributed by atoms with E-state index in [0.717, 1.165) is 0 Å². The highest BCUT2D eigenvalue weighted by Crippen LogP contribution is 1.93. The van der Waals surface area contributed by atoms with E-state index in [1.54, 1.807) is 6.08 Å². The lowest BCUT2D eigenvalue weighted by Crippen LogP contribution is -2.25. The molecule has 0 spiro atoms. The van der Waals surface area contributed by atoms with Gasteiger partial charge in [-0.25, -0.2) is 0 Å². The van der Waals surface area contributed by atoms with Gasteiger partial charge in [0.1, 0.15) is 12.9 Å². The van der Waals surface area contributed by atoms with E-state index in [4.69, 9.17) is 5.73 Å². The number of nitrogens with two attached hydrogens (primary N) is 1. The Kier molecular flexibility index (Phi) is 1.29. The largest absolute Gasteiger partial charge is 0.346 e. The lowest BCUT2D eigenvalue weighted by molar-refractivity contribution is -0.257. The second kappa shape index (κ2) is 1.95. The van der Waals surface area contributed by atoms with Crippen molar-refractivity contribution in [3.63, 3.8) is 0 Å². The van der Waals surface area contributed by atoms with Crippen molar-refractivity contribution in [2.24, 2.45) is 5.73 Å². The van der Waals surface area contributed by atoms with Crippen LogP contribution in [0.25, 0.3) is 0 Å². The van der Waals surface area contributed by atoms with Crippen molar-refractivity contribution in [2.45, 2.75) is 6.04 Å². The zero-order valence-corrected chi connectivity index (χ0v) is 3.83. The molecule has 0 aromatic heterocycles. The van der Waals surface area contributed by atoms with E-state index in [9.17, 15) is 0 Å². The first kappa shape index (κ1) is 4.61. The fourth-order valence-electron chi connectivity index (χ4n) is 0.346. The predicted molar refractivity (Wildman–Crippen MR) is 24.2 cm³/mol. The molecule has 0 radical (unpaired) electrons. The van der Waals surface area contributed by atoms with Gasteiger partial charge in [-0.1, -0.05) is 0 Å². The summed E-state index contributed by atoms with van der Waals surface area (Å²) in [5.74, 6) is 0. The normalized spacial score (nSPS) is 29.6. The molecular weight excluding hydrogens is 94.0 g/mol. The van der Waals surface area contributed by atoms with Crippen LogP contribution in [0.4, 0.5) is 0 Å². The van der Waals surface area contributed by atoms with Gasteiger partial charge in [-0.05, 0) is 6.08 Å². The van der Waals surface area contributed by atoms with Crippen molar-refractivity contribution in [2.75, 3.05) is 6.61 Å². The first-order valence-electron chi connectivity index (χ1n) is 2.10. The molecule has 0 fully saturated rings. The first-order valence-corrected chi connectivity index (χ1v) is 2.10. The van der Waals surface area contributed by atoms with E-state index in [1.807, 2.05) is 0 Å². The van der Waals surface area contributed by atoms with Crippen LogP contribution in [0.15, 0.2) is 12.3 Å². The van der Waals surface area contributed by atoms with Gasteiger partial charge in [0.2, 0.25) is 0 Å². The minimum absolute atomic E-state index is 0.00810. The molecule has 1 aliphatic heterocycles. The van der Waals surface area contributed by atoms with Crippen LogP contribution in [0, 0.1) is 0 Å². The van der Waals surface area contributed by atoms with Crippen LogP contribution in [0.3, 0.4) is 0 Å². The Bertz CT molecular complexity index is 81.8. The monoisotopic (exact) mass is 101 g/mol. The van der Waals surface area contributed by atoms with Crippen LogP contribution in [-0.2, 0) is 9.78 Å². The third kappa shape index (κ3) is 1.17.